The molecule has 1 N–H and O–H groups in total. The Balaban J connectivity index is 1.65. The summed E-state index contributed by atoms with van der Waals surface area (Å²) in [6, 6.07) is 1.39. The van der Waals surface area contributed by atoms with E-state index >= 15 is 0 Å². The highest BCUT2D eigenvalue weighted by Gasteiger charge is 2.31. The lowest BCUT2D eigenvalue weighted by atomic mass is 9.98. The van der Waals surface area contributed by atoms with Gasteiger partial charge in [-0.25, -0.2) is 0 Å². The Morgan fingerprint density at radius 2 is 2.10 bits per heavy atom. The van der Waals surface area contributed by atoms with Crippen LogP contribution in [0.1, 0.15) is 39.5 Å². The van der Waals surface area contributed by atoms with Crippen molar-refractivity contribution in [3.05, 3.63) is 5.28 Å². The first kappa shape index (κ1) is 14.8. The van der Waals surface area contributed by atoms with Crippen molar-refractivity contribution in [2.75, 3.05) is 18.4 Å². The van der Waals surface area contributed by atoms with Gasteiger partial charge in [-0.05, 0) is 57.7 Å². The molecule has 0 amide bonds. The van der Waals surface area contributed by atoms with Gasteiger partial charge in [-0.1, -0.05) is 0 Å². The summed E-state index contributed by atoms with van der Waals surface area (Å²) < 4.78 is 5.50. The van der Waals surface area contributed by atoms with Crippen LogP contribution in [-0.4, -0.2) is 51.1 Å². The molecule has 0 saturated carbocycles. The van der Waals surface area contributed by atoms with Crippen LogP contribution in [-0.2, 0) is 0 Å². The molecule has 2 saturated heterocycles. The number of aromatic nitrogens is 3. The first-order valence-electron chi connectivity index (χ1n) is 7.69. The second kappa shape index (κ2) is 6.32. The first-order chi connectivity index (χ1) is 10.1. The summed E-state index contributed by atoms with van der Waals surface area (Å²) in [4.78, 5) is 15.0. The lowest BCUT2D eigenvalue weighted by Gasteiger charge is -2.35. The molecule has 2 fully saturated rings. The quantitative estimate of drug-likeness (QED) is 0.921. The molecular weight excluding hydrogens is 290 g/mol. The van der Waals surface area contributed by atoms with Gasteiger partial charge in [-0.3, -0.25) is 0 Å². The fourth-order valence-electron chi connectivity index (χ4n) is 3.20. The van der Waals surface area contributed by atoms with E-state index in [1.807, 2.05) is 13.8 Å². The van der Waals surface area contributed by atoms with Crippen molar-refractivity contribution in [3.63, 3.8) is 0 Å². The van der Waals surface area contributed by atoms with E-state index in [0.29, 0.717) is 18.0 Å². The summed E-state index contributed by atoms with van der Waals surface area (Å²) in [7, 11) is 0. The number of fused-ring (bicyclic) bond motifs is 1. The lowest BCUT2D eigenvalue weighted by molar-refractivity contribution is 0.187. The summed E-state index contributed by atoms with van der Waals surface area (Å²) in [5, 5.41) is 3.56. The topological polar surface area (TPSA) is 63.2 Å². The van der Waals surface area contributed by atoms with Crippen LogP contribution in [0.5, 0.6) is 6.01 Å². The molecule has 3 heterocycles. The molecule has 21 heavy (non-hydrogen) atoms. The Morgan fingerprint density at radius 1 is 1.24 bits per heavy atom. The third-order valence-corrected chi connectivity index (χ3v) is 4.25. The van der Waals surface area contributed by atoms with E-state index in [1.54, 1.807) is 0 Å². The highest BCUT2D eigenvalue weighted by atomic mass is 35.5. The molecule has 7 heteroatoms. The number of piperidine rings is 1. The maximum atomic E-state index is 5.95. The molecule has 2 aliphatic rings. The van der Waals surface area contributed by atoms with Crippen LogP contribution in [0.15, 0.2) is 0 Å². The second-order valence-corrected chi connectivity index (χ2v) is 6.41. The third kappa shape index (κ3) is 3.74. The minimum Gasteiger partial charge on any atom is -0.461 e. The van der Waals surface area contributed by atoms with Crippen LogP contribution in [0.3, 0.4) is 0 Å². The largest absolute Gasteiger partial charge is 0.461 e. The maximum absolute atomic E-state index is 5.95. The van der Waals surface area contributed by atoms with Gasteiger partial charge in [-0.15, -0.1) is 0 Å². The van der Waals surface area contributed by atoms with Crippen LogP contribution in [0, 0.1) is 0 Å². The van der Waals surface area contributed by atoms with Gasteiger partial charge < -0.3 is 15.0 Å². The Labute approximate surface area is 130 Å². The van der Waals surface area contributed by atoms with Crippen LogP contribution >= 0.6 is 11.6 Å². The van der Waals surface area contributed by atoms with Crippen molar-refractivity contribution >= 4 is 17.5 Å². The SMILES string of the molecule is CC(C)Oc1nc(Cl)nc(NC2CCN3CCCC3C2)n1. The van der Waals surface area contributed by atoms with E-state index in [1.165, 1.54) is 19.4 Å². The standard InChI is InChI=1S/C14H22ClN5O/c1-9(2)21-14-18-12(15)17-13(19-14)16-10-5-7-20-6-3-4-11(20)8-10/h9-11H,3-8H2,1-2H3,(H,16,17,18,19). The monoisotopic (exact) mass is 311 g/mol. The number of halogens is 1. The number of ether oxygens (including phenoxy) is 1. The molecule has 2 atom stereocenters. The molecule has 3 rings (SSSR count). The summed E-state index contributed by atoms with van der Waals surface area (Å²) in [5.41, 5.74) is 0. The Kier molecular flexibility index (Phi) is 4.45. The molecule has 116 valence electrons. The normalized spacial score (nSPS) is 25.9. The number of anilines is 1. The van der Waals surface area contributed by atoms with Crippen molar-refractivity contribution in [1.82, 2.24) is 19.9 Å². The van der Waals surface area contributed by atoms with Gasteiger partial charge in [0.1, 0.15) is 0 Å². The highest BCUT2D eigenvalue weighted by molar-refractivity contribution is 6.28. The van der Waals surface area contributed by atoms with Gasteiger partial charge in [0.05, 0.1) is 6.10 Å². The molecule has 0 bridgehead atoms. The molecule has 0 spiro atoms. The number of nitrogens with one attached hydrogen (secondary N) is 1. The minimum atomic E-state index is 0.0121. The zero-order chi connectivity index (χ0) is 14.8. The molecule has 0 aromatic carbocycles. The molecule has 0 radical (unpaired) electrons. The zero-order valence-electron chi connectivity index (χ0n) is 12.5. The van der Waals surface area contributed by atoms with E-state index in [9.17, 15) is 0 Å². The van der Waals surface area contributed by atoms with Gasteiger partial charge >= 0.3 is 6.01 Å². The van der Waals surface area contributed by atoms with Crippen molar-refractivity contribution in [1.29, 1.82) is 0 Å². The second-order valence-electron chi connectivity index (χ2n) is 6.07. The molecule has 1 aromatic heterocycles. The van der Waals surface area contributed by atoms with E-state index in [-0.39, 0.29) is 17.4 Å². The average Bonchev–Trinajstić information content (AvgIpc) is 2.84. The van der Waals surface area contributed by atoms with Crippen LogP contribution < -0.4 is 10.1 Å². The van der Waals surface area contributed by atoms with Crippen molar-refractivity contribution in [2.24, 2.45) is 0 Å². The predicted molar refractivity (Wildman–Crippen MR) is 81.8 cm³/mol. The third-order valence-electron chi connectivity index (χ3n) is 4.08. The van der Waals surface area contributed by atoms with Crippen LogP contribution in [0.25, 0.3) is 0 Å². The smallest absolute Gasteiger partial charge is 0.322 e. The summed E-state index contributed by atoms with van der Waals surface area (Å²) in [5.74, 6) is 0.516. The van der Waals surface area contributed by atoms with E-state index in [2.05, 4.69) is 25.2 Å². The highest BCUT2D eigenvalue weighted by Crippen LogP contribution is 2.28. The van der Waals surface area contributed by atoms with Gasteiger partial charge in [0.2, 0.25) is 11.2 Å². The number of hydrogen-bond acceptors (Lipinski definition) is 6. The molecule has 2 unspecified atom stereocenters. The number of hydrogen-bond donors (Lipinski definition) is 1. The fraction of sp³-hybridized carbons (Fsp3) is 0.786. The number of nitrogens with zero attached hydrogens (tertiary/aromatic N) is 4. The molecule has 2 aliphatic heterocycles. The summed E-state index contributed by atoms with van der Waals surface area (Å²) >= 11 is 5.95. The van der Waals surface area contributed by atoms with Crippen molar-refractivity contribution in [2.45, 2.75) is 57.7 Å². The minimum absolute atomic E-state index is 0.0121. The molecule has 6 nitrogen and oxygen atoms in total. The fourth-order valence-corrected chi connectivity index (χ4v) is 3.35. The Bertz CT molecular complexity index is 498. The molecule has 1 aromatic rings. The van der Waals surface area contributed by atoms with Crippen molar-refractivity contribution < 1.29 is 4.74 Å². The lowest BCUT2D eigenvalue weighted by Crippen LogP contribution is -2.43. The van der Waals surface area contributed by atoms with Crippen molar-refractivity contribution in [3.8, 4) is 6.01 Å². The van der Waals surface area contributed by atoms with Gasteiger partial charge in [0.25, 0.3) is 0 Å². The molecule has 0 aliphatic carbocycles. The van der Waals surface area contributed by atoms with E-state index < -0.39 is 0 Å². The Hall–Kier alpha value is -1.14. The van der Waals surface area contributed by atoms with Crippen LogP contribution in [0.4, 0.5) is 5.95 Å². The Morgan fingerprint density at radius 3 is 2.90 bits per heavy atom. The summed E-state index contributed by atoms with van der Waals surface area (Å²) in [6.07, 6.45) is 4.89. The maximum Gasteiger partial charge on any atom is 0.322 e. The van der Waals surface area contributed by atoms with Gasteiger partial charge in [-0.2, -0.15) is 15.0 Å². The van der Waals surface area contributed by atoms with E-state index in [4.69, 9.17) is 16.3 Å². The average molecular weight is 312 g/mol. The molecular formula is C14H22ClN5O. The van der Waals surface area contributed by atoms with E-state index in [0.717, 1.165) is 19.4 Å². The summed E-state index contributed by atoms with van der Waals surface area (Å²) in [6.45, 7) is 6.26. The predicted octanol–water partition coefficient (Wildman–Crippen LogP) is 2.35. The number of rotatable bonds is 4. The van der Waals surface area contributed by atoms with Gasteiger partial charge in [0.15, 0.2) is 0 Å². The van der Waals surface area contributed by atoms with Crippen LogP contribution in [0.2, 0.25) is 5.28 Å². The first-order valence-corrected chi connectivity index (χ1v) is 8.07. The van der Waals surface area contributed by atoms with Gasteiger partial charge in [0, 0.05) is 18.6 Å². The zero-order valence-corrected chi connectivity index (χ0v) is 13.3.